The standard InChI is InChI=1S/C25H21NO4/c27-24(28)23-16-8-2-1-7-15(16)13-22(26-23)25(29)30-14-21-19-11-5-3-9-17(19)18-10-4-6-12-20(18)21/h1-12,21-23,26H,13-14H2,(H,27,28)/t22-,23-/m1/s1. The highest BCUT2D eigenvalue weighted by Crippen LogP contribution is 2.44. The summed E-state index contributed by atoms with van der Waals surface area (Å²) in [5.41, 5.74) is 6.21. The largest absolute Gasteiger partial charge is 0.480 e. The van der Waals surface area contributed by atoms with E-state index in [-0.39, 0.29) is 12.5 Å². The van der Waals surface area contributed by atoms with Crippen molar-refractivity contribution in [3.8, 4) is 11.1 Å². The number of esters is 1. The topological polar surface area (TPSA) is 75.6 Å². The third-order valence-electron chi connectivity index (χ3n) is 6.04. The number of rotatable bonds is 4. The molecule has 0 saturated carbocycles. The molecule has 2 aliphatic rings. The normalized spacial score (nSPS) is 19.5. The van der Waals surface area contributed by atoms with E-state index in [0.717, 1.165) is 16.7 Å². The van der Waals surface area contributed by atoms with Crippen LogP contribution in [0.15, 0.2) is 72.8 Å². The molecule has 0 saturated heterocycles. The van der Waals surface area contributed by atoms with Crippen LogP contribution in [0.3, 0.4) is 0 Å². The molecular formula is C25H21NO4. The Morgan fingerprint density at radius 3 is 2.07 bits per heavy atom. The maximum atomic E-state index is 12.9. The summed E-state index contributed by atoms with van der Waals surface area (Å²) in [7, 11) is 0. The van der Waals surface area contributed by atoms with E-state index in [1.807, 2.05) is 42.5 Å². The molecule has 0 aromatic heterocycles. The lowest BCUT2D eigenvalue weighted by Gasteiger charge is -2.30. The number of hydrogen-bond acceptors (Lipinski definition) is 4. The lowest BCUT2D eigenvalue weighted by atomic mass is 9.90. The Hall–Kier alpha value is -3.44. The van der Waals surface area contributed by atoms with Gasteiger partial charge < -0.3 is 9.84 Å². The highest BCUT2D eigenvalue weighted by atomic mass is 16.5. The van der Waals surface area contributed by atoms with Crippen molar-refractivity contribution in [1.82, 2.24) is 5.32 Å². The third kappa shape index (κ3) is 3.08. The SMILES string of the molecule is O=C(OCC1c2ccccc2-c2ccccc21)[C@H]1Cc2ccccc2[C@H](C(=O)O)N1. The van der Waals surface area contributed by atoms with Crippen molar-refractivity contribution < 1.29 is 19.4 Å². The van der Waals surface area contributed by atoms with Crippen molar-refractivity contribution in [1.29, 1.82) is 0 Å². The Bertz CT molecular complexity index is 1090. The van der Waals surface area contributed by atoms with Crippen LogP contribution in [0.5, 0.6) is 0 Å². The van der Waals surface area contributed by atoms with Gasteiger partial charge in [0.15, 0.2) is 0 Å². The van der Waals surface area contributed by atoms with Crippen LogP contribution < -0.4 is 5.32 Å². The van der Waals surface area contributed by atoms with Crippen LogP contribution in [-0.2, 0) is 20.7 Å². The number of hydrogen-bond donors (Lipinski definition) is 2. The average molecular weight is 399 g/mol. The molecule has 1 aliphatic carbocycles. The van der Waals surface area contributed by atoms with E-state index < -0.39 is 24.0 Å². The van der Waals surface area contributed by atoms with Gasteiger partial charge in [0, 0.05) is 5.92 Å². The van der Waals surface area contributed by atoms with Gasteiger partial charge >= 0.3 is 11.9 Å². The molecular weight excluding hydrogens is 378 g/mol. The average Bonchev–Trinajstić information content (AvgIpc) is 3.10. The Morgan fingerprint density at radius 1 is 0.867 bits per heavy atom. The second-order valence-corrected chi connectivity index (χ2v) is 7.75. The first-order valence-corrected chi connectivity index (χ1v) is 10.0. The maximum absolute atomic E-state index is 12.9. The number of carbonyl (C=O) groups is 2. The van der Waals surface area contributed by atoms with Crippen molar-refractivity contribution in [2.45, 2.75) is 24.4 Å². The van der Waals surface area contributed by atoms with E-state index in [0.29, 0.717) is 12.0 Å². The number of carbonyl (C=O) groups excluding carboxylic acids is 1. The zero-order valence-electron chi connectivity index (χ0n) is 16.2. The predicted molar refractivity (Wildman–Crippen MR) is 112 cm³/mol. The van der Waals surface area contributed by atoms with Gasteiger partial charge in [-0.15, -0.1) is 0 Å². The molecule has 0 spiro atoms. The zero-order valence-corrected chi connectivity index (χ0v) is 16.2. The molecule has 5 heteroatoms. The number of carboxylic acids is 1. The highest BCUT2D eigenvalue weighted by Gasteiger charge is 2.36. The maximum Gasteiger partial charge on any atom is 0.325 e. The lowest BCUT2D eigenvalue weighted by molar-refractivity contribution is -0.148. The summed E-state index contributed by atoms with van der Waals surface area (Å²) in [5, 5.41) is 12.5. The molecule has 5 rings (SSSR count). The third-order valence-corrected chi connectivity index (χ3v) is 6.04. The van der Waals surface area contributed by atoms with Crippen LogP contribution in [0.25, 0.3) is 11.1 Å². The zero-order chi connectivity index (χ0) is 20.7. The van der Waals surface area contributed by atoms with Crippen LogP contribution in [0.2, 0.25) is 0 Å². The Labute approximate surface area is 174 Å². The molecule has 1 aliphatic heterocycles. The molecule has 150 valence electrons. The van der Waals surface area contributed by atoms with Crippen LogP contribution in [0, 0.1) is 0 Å². The Morgan fingerprint density at radius 2 is 1.43 bits per heavy atom. The minimum absolute atomic E-state index is 0.0208. The van der Waals surface area contributed by atoms with Crippen molar-refractivity contribution >= 4 is 11.9 Å². The highest BCUT2D eigenvalue weighted by molar-refractivity contribution is 5.82. The summed E-state index contributed by atoms with van der Waals surface area (Å²) in [6.07, 6.45) is 0.413. The summed E-state index contributed by atoms with van der Waals surface area (Å²) < 4.78 is 5.73. The predicted octanol–water partition coefficient (Wildman–Crippen LogP) is 3.68. The fraction of sp³-hybridized carbons (Fsp3) is 0.200. The number of benzene rings is 3. The van der Waals surface area contributed by atoms with Crippen molar-refractivity contribution in [3.63, 3.8) is 0 Å². The van der Waals surface area contributed by atoms with Gasteiger partial charge in [-0.3, -0.25) is 14.9 Å². The fourth-order valence-corrected chi connectivity index (χ4v) is 4.63. The first-order chi connectivity index (χ1) is 14.6. The fourth-order valence-electron chi connectivity index (χ4n) is 4.63. The molecule has 0 unspecified atom stereocenters. The van der Waals surface area contributed by atoms with E-state index in [1.54, 1.807) is 6.07 Å². The molecule has 3 aromatic rings. The van der Waals surface area contributed by atoms with Gasteiger partial charge in [0.2, 0.25) is 0 Å². The minimum atomic E-state index is -1.00. The lowest BCUT2D eigenvalue weighted by Crippen LogP contribution is -2.48. The smallest absolute Gasteiger partial charge is 0.325 e. The van der Waals surface area contributed by atoms with Crippen molar-refractivity contribution in [3.05, 3.63) is 95.1 Å². The summed E-state index contributed by atoms with van der Waals surface area (Å²) in [6, 6.07) is 22.1. The summed E-state index contributed by atoms with van der Waals surface area (Å²) in [6.45, 7) is 0.227. The molecule has 0 amide bonds. The van der Waals surface area contributed by atoms with Gasteiger partial charge in [-0.1, -0.05) is 72.8 Å². The van der Waals surface area contributed by atoms with Gasteiger partial charge in [0.1, 0.15) is 18.7 Å². The number of fused-ring (bicyclic) bond motifs is 4. The first-order valence-electron chi connectivity index (χ1n) is 10.0. The number of carboxylic acid groups (broad SMARTS) is 1. The van der Waals surface area contributed by atoms with Gasteiger partial charge in [0.05, 0.1) is 0 Å². The van der Waals surface area contributed by atoms with E-state index in [1.165, 1.54) is 11.1 Å². The van der Waals surface area contributed by atoms with E-state index in [2.05, 4.69) is 29.6 Å². The number of ether oxygens (including phenoxy) is 1. The Kier molecular flexibility index (Phi) is 4.60. The molecule has 5 nitrogen and oxygen atoms in total. The van der Waals surface area contributed by atoms with Gasteiger partial charge in [0.25, 0.3) is 0 Å². The second-order valence-electron chi connectivity index (χ2n) is 7.75. The minimum Gasteiger partial charge on any atom is -0.480 e. The van der Waals surface area contributed by atoms with Crippen molar-refractivity contribution in [2.75, 3.05) is 6.61 Å². The molecule has 3 aromatic carbocycles. The molecule has 0 bridgehead atoms. The van der Waals surface area contributed by atoms with Crippen molar-refractivity contribution in [2.24, 2.45) is 0 Å². The number of nitrogens with one attached hydrogen (secondary N) is 1. The first kappa shape index (κ1) is 18.6. The molecule has 0 fully saturated rings. The van der Waals surface area contributed by atoms with E-state index in [9.17, 15) is 14.7 Å². The van der Waals surface area contributed by atoms with Gasteiger partial charge in [-0.25, -0.2) is 0 Å². The number of aliphatic carboxylic acids is 1. The second kappa shape index (κ2) is 7.43. The van der Waals surface area contributed by atoms with E-state index >= 15 is 0 Å². The van der Waals surface area contributed by atoms with Gasteiger partial charge in [-0.05, 0) is 39.8 Å². The van der Waals surface area contributed by atoms with Crippen LogP contribution in [-0.4, -0.2) is 29.7 Å². The summed E-state index contributed by atoms with van der Waals surface area (Å²) in [4.78, 5) is 24.6. The van der Waals surface area contributed by atoms with Crippen LogP contribution in [0.4, 0.5) is 0 Å². The summed E-state index contributed by atoms with van der Waals surface area (Å²) in [5.74, 6) is -1.44. The molecule has 0 radical (unpaired) electrons. The van der Waals surface area contributed by atoms with Crippen LogP contribution >= 0.6 is 0 Å². The monoisotopic (exact) mass is 399 g/mol. The van der Waals surface area contributed by atoms with Gasteiger partial charge in [-0.2, -0.15) is 0 Å². The molecule has 2 atom stereocenters. The molecule has 30 heavy (non-hydrogen) atoms. The molecule has 1 heterocycles. The summed E-state index contributed by atoms with van der Waals surface area (Å²) >= 11 is 0. The quantitative estimate of drug-likeness (QED) is 0.655. The Balaban J connectivity index is 1.35. The molecule has 2 N–H and O–H groups in total. The van der Waals surface area contributed by atoms with Crippen LogP contribution in [0.1, 0.15) is 34.2 Å². The van der Waals surface area contributed by atoms with E-state index in [4.69, 9.17) is 4.74 Å².